The molecule has 1 atom stereocenters. The highest BCUT2D eigenvalue weighted by molar-refractivity contribution is 7.80. The van der Waals surface area contributed by atoms with Crippen LogP contribution in [0.5, 0.6) is 5.75 Å². The highest BCUT2D eigenvalue weighted by Crippen LogP contribution is 2.11. The van der Waals surface area contributed by atoms with Crippen molar-refractivity contribution in [1.82, 2.24) is 10.6 Å². The lowest BCUT2D eigenvalue weighted by molar-refractivity contribution is 0.179. The molecule has 2 N–H and O–H groups in total. The highest BCUT2D eigenvalue weighted by Gasteiger charge is 2.02. The van der Waals surface area contributed by atoms with Crippen LogP contribution in [-0.4, -0.2) is 38.0 Å². The summed E-state index contributed by atoms with van der Waals surface area (Å²) in [6.45, 7) is 5.92. The maximum Gasteiger partial charge on any atom is 0.166 e. The van der Waals surface area contributed by atoms with Gasteiger partial charge in [-0.3, -0.25) is 0 Å². The summed E-state index contributed by atoms with van der Waals surface area (Å²) < 4.78 is 10.6. The highest BCUT2D eigenvalue weighted by atomic mass is 32.1. The molecule has 0 saturated heterocycles. The van der Waals surface area contributed by atoms with E-state index in [-0.39, 0.29) is 6.04 Å². The van der Waals surface area contributed by atoms with Gasteiger partial charge in [-0.05, 0) is 43.8 Å². The number of hydrogen-bond acceptors (Lipinski definition) is 3. The molecule has 0 fully saturated rings. The Hall–Kier alpha value is -1.33. The van der Waals surface area contributed by atoms with Crippen LogP contribution in [0.1, 0.15) is 12.5 Å². The van der Waals surface area contributed by atoms with E-state index in [1.54, 1.807) is 7.11 Å². The Bertz CT molecular complexity index is 399. The van der Waals surface area contributed by atoms with Gasteiger partial charge in [-0.15, -0.1) is 0 Å². The minimum atomic E-state index is 0.197. The average molecular weight is 282 g/mol. The lowest BCUT2D eigenvalue weighted by Crippen LogP contribution is -2.43. The van der Waals surface area contributed by atoms with E-state index in [9.17, 15) is 0 Å². The monoisotopic (exact) mass is 282 g/mol. The standard InChI is InChI=1S/C14H22N2O2S/c1-11-5-4-6-13(9-11)18-8-7-15-14(19)16-12(2)10-17-3/h4-6,9,12H,7-8,10H2,1-3H3,(H2,15,16,19). The number of nitrogens with one attached hydrogen (secondary N) is 2. The Labute approximate surface area is 120 Å². The Morgan fingerprint density at radius 2 is 2.21 bits per heavy atom. The van der Waals surface area contributed by atoms with Gasteiger partial charge in [0.15, 0.2) is 5.11 Å². The van der Waals surface area contributed by atoms with Crippen molar-refractivity contribution in [2.75, 3.05) is 26.9 Å². The van der Waals surface area contributed by atoms with Crippen molar-refractivity contribution in [3.8, 4) is 5.75 Å². The summed E-state index contributed by atoms with van der Waals surface area (Å²) in [7, 11) is 1.67. The van der Waals surface area contributed by atoms with Crippen molar-refractivity contribution in [2.24, 2.45) is 0 Å². The second kappa shape index (κ2) is 8.72. The van der Waals surface area contributed by atoms with Gasteiger partial charge in [0.2, 0.25) is 0 Å². The van der Waals surface area contributed by atoms with Gasteiger partial charge in [0.25, 0.3) is 0 Å². The topological polar surface area (TPSA) is 42.5 Å². The van der Waals surface area contributed by atoms with Gasteiger partial charge in [-0.2, -0.15) is 0 Å². The van der Waals surface area contributed by atoms with Crippen LogP contribution in [0.25, 0.3) is 0 Å². The minimum Gasteiger partial charge on any atom is -0.492 e. The molecule has 0 heterocycles. The third kappa shape index (κ3) is 6.98. The normalized spacial score (nSPS) is 11.7. The van der Waals surface area contributed by atoms with Crippen molar-refractivity contribution in [3.05, 3.63) is 29.8 Å². The molecule has 0 aromatic heterocycles. The first-order chi connectivity index (χ1) is 9.11. The van der Waals surface area contributed by atoms with Crippen LogP contribution in [0.2, 0.25) is 0 Å². The van der Waals surface area contributed by atoms with Gasteiger partial charge < -0.3 is 20.1 Å². The van der Waals surface area contributed by atoms with Crippen molar-refractivity contribution >= 4 is 17.3 Å². The molecule has 0 aliphatic rings. The van der Waals surface area contributed by atoms with Crippen LogP contribution in [0.4, 0.5) is 0 Å². The van der Waals surface area contributed by atoms with Gasteiger partial charge in [-0.25, -0.2) is 0 Å². The smallest absolute Gasteiger partial charge is 0.166 e. The summed E-state index contributed by atoms with van der Waals surface area (Å²) in [5.74, 6) is 0.883. The molecule has 19 heavy (non-hydrogen) atoms. The molecule has 1 unspecified atom stereocenters. The molecule has 0 saturated carbocycles. The van der Waals surface area contributed by atoms with Gasteiger partial charge in [-0.1, -0.05) is 12.1 Å². The molecule has 1 rings (SSSR count). The maximum atomic E-state index is 5.62. The first kappa shape index (κ1) is 15.7. The van der Waals surface area contributed by atoms with Crippen LogP contribution in [0.3, 0.4) is 0 Å². The fraction of sp³-hybridized carbons (Fsp3) is 0.500. The lowest BCUT2D eigenvalue weighted by Gasteiger charge is -2.16. The molecule has 0 amide bonds. The minimum absolute atomic E-state index is 0.197. The summed E-state index contributed by atoms with van der Waals surface area (Å²) in [4.78, 5) is 0. The van der Waals surface area contributed by atoms with E-state index < -0.39 is 0 Å². The number of methoxy groups -OCH3 is 1. The van der Waals surface area contributed by atoms with Crippen molar-refractivity contribution in [1.29, 1.82) is 0 Å². The molecule has 0 aliphatic heterocycles. The summed E-state index contributed by atoms with van der Waals surface area (Å²) in [5.41, 5.74) is 1.19. The van der Waals surface area contributed by atoms with E-state index >= 15 is 0 Å². The van der Waals surface area contributed by atoms with E-state index in [0.29, 0.717) is 24.9 Å². The summed E-state index contributed by atoms with van der Waals surface area (Å²) in [6.07, 6.45) is 0. The van der Waals surface area contributed by atoms with Crippen molar-refractivity contribution in [3.63, 3.8) is 0 Å². The van der Waals surface area contributed by atoms with Crippen molar-refractivity contribution in [2.45, 2.75) is 19.9 Å². The van der Waals surface area contributed by atoms with E-state index in [0.717, 1.165) is 5.75 Å². The quantitative estimate of drug-likeness (QED) is 0.590. The number of benzene rings is 1. The lowest BCUT2D eigenvalue weighted by atomic mass is 10.2. The number of hydrogen-bond donors (Lipinski definition) is 2. The Kier molecular flexibility index (Phi) is 7.22. The number of thiocarbonyl (C=S) groups is 1. The first-order valence-electron chi connectivity index (χ1n) is 6.34. The number of rotatable bonds is 7. The largest absolute Gasteiger partial charge is 0.492 e. The molecule has 0 bridgehead atoms. The van der Waals surface area contributed by atoms with Crippen LogP contribution in [-0.2, 0) is 4.74 Å². The van der Waals surface area contributed by atoms with Crippen molar-refractivity contribution < 1.29 is 9.47 Å². The summed E-state index contributed by atoms with van der Waals surface area (Å²) in [5, 5.41) is 6.85. The van der Waals surface area contributed by atoms with Gasteiger partial charge >= 0.3 is 0 Å². The molecule has 1 aromatic carbocycles. The zero-order chi connectivity index (χ0) is 14.1. The Morgan fingerprint density at radius 1 is 1.42 bits per heavy atom. The van der Waals surface area contributed by atoms with Crippen LogP contribution < -0.4 is 15.4 Å². The van der Waals surface area contributed by atoms with E-state index in [1.807, 2.05) is 38.1 Å². The fourth-order valence-electron chi connectivity index (χ4n) is 1.61. The summed E-state index contributed by atoms with van der Waals surface area (Å²) in [6, 6.07) is 8.18. The molecular formula is C14H22N2O2S. The van der Waals surface area contributed by atoms with Crippen LogP contribution in [0.15, 0.2) is 24.3 Å². The maximum absolute atomic E-state index is 5.62. The van der Waals surface area contributed by atoms with Gasteiger partial charge in [0, 0.05) is 13.2 Å². The second-order valence-corrected chi connectivity index (χ2v) is 4.83. The summed E-state index contributed by atoms with van der Waals surface area (Å²) >= 11 is 5.16. The molecule has 0 spiro atoms. The number of ether oxygens (including phenoxy) is 2. The SMILES string of the molecule is COCC(C)NC(=S)NCCOc1cccc(C)c1. The molecule has 0 aliphatic carbocycles. The zero-order valence-corrected chi connectivity index (χ0v) is 12.5. The third-order valence-corrected chi connectivity index (χ3v) is 2.70. The Balaban J connectivity index is 2.15. The van der Waals surface area contributed by atoms with E-state index in [2.05, 4.69) is 10.6 Å². The molecule has 4 nitrogen and oxygen atoms in total. The van der Waals surface area contributed by atoms with E-state index in [1.165, 1.54) is 5.56 Å². The van der Waals surface area contributed by atoms with Gasteiger partial charge in [0.1, 0.15) is 12.4 Å². The molecule has 106 valence electrons. The van der Waals surface area contributed by atoms with E-state index in [4.69, 9.17) is 21.7 Å². The average Bonchev–Trinajstić information content (AvgIpc) is 2.35. The van der Waals surface area contributed by atoms with Gasteiger partial charge in [0.05, 0.1) is 13.2 Å². The third-order valence-electron chi connectivity index (χ3n) is 2.44. The fourth-order valence-corrected chi connectivity index (χ4v) is 1.91. The van der Waals surface area contributed by atoms with Crippen LogP contribution >= 0.6 is 12.2 Å². The number of aryl methyl sites for hydroxylation is 1. The Morgan fingerprint density at radius 3 is 2.89 bits per heavy atom. The predicted octanol–water partition coefficient (Wildman–Crippen LogP) is 1.87. The molecule has 0 radical (unpaired) electrons. The second-order valence-electron chi connectivity index (χ2n) is 4.42. The predicted molar refractivity (Wildman–Crippen MR) is 81.7 cm³/mol. The molecular weight excluding hydrogens is 260 g/mol. The zero-order valence-electron chi connectivity index (χ0n) is 11.7. The van der Waals surface area contributed by atoms with Crippen LogP contribution in [0, 0.1) is 6.92 Å². The molecule has 5 heteroatoms. The first-order valence-corrected chi connectivity index (χ1v) is 6.75. The molecule has 1 aromatic rings.